The van der Waals surface area contributed by atoms with Crippen LogP contribution in [0.3, 0.4) is 0 Å². The van der Waals surface area contributed by atoms with Crippen LogP contribution < -0.4 is 5.32 Å². The van der Waals surface area contributed by atoms with Crippen LogP contribution in [0.4, 0.5) is 0 Å². The number of carbonyl (C=O) groups excluding carboxylic acids is 1. The number of nitrogens with one attached hydrogen (secondary N) is 1. The summed E-state index contributed by atoms with van der Waals surface area (Å²) in [5, 5.41) is 3.38. The van der Waals surface area contributed by atoms with Gasteiger partial charge in [0, 0.05) is 12.6 Å². The number of hydrogen-bond donors (Lipinski definition) is 1. The number of amides is 1. The normalized spacial score (nSPS) is 37.3. The van der Waals surface area contributed by atoms with Gasteiger partial charge in [-0.3, -0.25) is 4.79 Å². The second-order valence-electron chi connectivity index (χ2n) is 6.40. The second kappa shape index (κ2) is 6.05. The zero-order valence-electron chi connectivity index (χ0n) is 12.1. The fourth-order valence-corrected chi connectivity index (χ4v) is 3.73. The SMILES string of the molecule is CCCNC1CCN(C2CC(C)CC(C)C2)C1=O. The molecule has 3 heteroatoms. The smallest absolute Gasteiger partial charge is 0.240 e. The zero-order valence-corrected chi connectivity index (χ0v) is 12.1. The van der Waals surface area contributed by atoms with Crippen molar-refractivity contribution in [3.05, 3.63) is 0 Å². The van der Waals surface area contributed by atoms with E-state index in [1.807, 2.05) is 0 Å². The van der Waals surface area contributed by atoms with Crippen molar-refractivity contribution in [2.75, 3.05) is 13.1 Å². The molecule has 2 fully saturated rings. The first-order valence-corrected chi connectivity index (χ1v) is 7.65. The van der Waals surface area contributed by atoms with Gasteiger partial charge in [-0.2, -0.15) is 0 Å². The maximum Gasteiger partial charge on any atom is 0.240 e. The maximum atomic E-state index is 12.4. The summed E-state index contributed by atoms with van der Waals surface area (Å²) in [5.41, 5.74) is 0. The van der Waals surface area contributed by atoms with Gasteiger partial charge >= 0.3 is 0 Å². The van der Waals surface area contributed by atoms with Gasteiger partial charge in [0.15, 0.2) is 0 Å². The van der Waals surface area contributed by atoms with Crippen molar-refractivity contribution in [3.8, 4) is 0 Å². The molecule has 0 bridgehead atoms. The van der Waals surface area contributed by atoms with Crippen molar-refractivity contribution < 1.29 is 4.79 Å². The molecule has 1 aliphatic heterocycles. The Bertz CT molecular complexity index is 282. The molecule has 1 saturated carbocycles. The average Bonchev–Trinajstić information content (AvgIpc) is 2.67. The Hall–Kier alpha value is -0.570. The van der Waals surface area contributed by atoms with Crippen molar-refractivity contribution in [1.29, 1.82) is 0 Å². The molecule has 1 aliphatic carbocycles. The molecule has 3 nitrogen and oxygen atoms in total. The van der Waals surface area contributed by atoms with Crippen LogP contribution in [0, 0.1) is 11.8 Å². The van der Waals surface area contributed by atoms with Gasteiger partial charge < -0.3 is 10.2 Å². The Morgan fingerprint density at radius 1 is 1.22 bits per heavy atom. The molecular weight excluding hydrogens is 224 g/mol. The number of nitrogens with zero attached hydrogens (tertiary/aromatic N) is 1. The summed E-state index contributed by atoms with van der Waals surface area (Å²) in [6.45, 7) is 8.73. The Morgan fingerprint density at radius 3 is 2.50 bits per heavy atom. The third-order valence-electron chi connectivity index (χ3n) is 4.47. The summed E-state index contributed by atoms with van der Waals surface area (Å²) in [5.74, 6) is 1.90. The van der Waals surface area contributed by atoms with Gasteiger partial charge in [-0.25, -0.2) is 0 Å². The van der Waals surface area contributed by atoms with Crippen molar-refractivity contribution in [3.63, 3.8) is 0 Å². The summed E-state index contributed by atoms with van der Waals surface area (Å²) in [6.07, 6.45) is 5.84. The fraction of sp³-hybridized carbons (Fsp3) is 0.933. The first-order chi connectivity index (χ1) is 8.61. The van der Waals surface area contributed by atoms with E-state index in [9.17, 15) is 4.79 Å². The van der Waals surface area contributed by atoms with E-state index in [0.717, 1.165) is 37.8 Å². The largest absolute Gasteiger partial charge is 0.338 e. The van der Waals surface area contributed by atoms with Gasteiger partial charge in [-0.1, -0.05) is 20.8 Å². The molecule has 1 N–H and O–H groups in total. The number of likely N-dealkylation sites (tertiary alicyclic amines) is 1. The van der Waals surface area contributed by atoms with Crippen LogP contribution in [-0.4, -0.2) is 36.0 Å². The van der Waals surface area contributed by atoms with Gasteiger partial charge in [0.1, 0.15) is 0 Å². The van der Waals surface area contributed by atoms with E-state index in [2.05, 4.69) is 31.0 Å². The number of rotatable bonds is 4. The first-order valence-electron chi connectivity index (χ1n) is 7.65. The summed E-state index contributed by atoms with van der Waals surface area (Å²) < 4.78 is 0. The van der Waals surface area contributed by atoms with Crippen LogP contribution in [0.5, 0.6) is 0 Å². The predicted octanol–water partition coefficient (Wildman–Crippen LogP) is 2.41. The van der Waals surface area contributed by atoms with E-state index in [-0.39, 0.29) is 6.04 Å². The van der Waals surface area contributed by atoms with Crippen molar-refractivity contribution in [2.45, 2.75) is 65.0 Å². The van der Waals surface area contributed by atoms with Gasteiger partial charge in [0.2, 0.25) is 5.91 Å². The summed E-state index contributed by atoms with van der Waals surface area (Å²) >= 11 is 0. The molecule has 0 aromatic heterocycles. The van der Waals surface area contributed by atoms with Gasteiger partial charge in [0.05, 0.1) is 6.04 Å². The lowest BCUT2D eigenvalue weighted by atomic mass is 9.80. The lowest BCUT2D eigenvalue weighted by Gasteiger charge is -2.37. The molecule has 2 rings (SSSR count). The highest BCUT2D eigenvalue weighted by Gasteiger charge is 2.38. The molecule has 0 aromatic carbocycles. The molecule has 1 heterocycles. The summed E-state index contributed by atoms with van der Waals surface area (Å²) in [6, 6.07) is 0.599. The monoisotopic (exact) mass is 252 g/mol. The number of carbonyl (C=O) groups is 1. The lowest BCUT2D eigenvalue weighted by Crippen LogP contribution is -2.45. The van der Waals surface area contributed by atoms with E-state index >= 15 is 0 Å². The Labute approximate surface area is 111 Å². The zero-order chi connectivity index (χ0) is 13.1. The van der Waals surface area contributed by atoms with Crippen LogP contribution in [0.2, 0.25) is 0 Å². The first kappa shape index (κ1) is 13.9. The Balaban J connectivity index is 1.91. The highest BCUT2D eigenvalue weighted by Crippen LogP contribution is 2.33. The molecule has 18 heavy (non-hydrogen) atoms. The third-order valence-corrected chi connectivity index (χ3v) is 4.47. The van der Waals surface area contributed by atoms with Crippen molar-refractivity contribution in [2.24, 2.45) is 11.8 Å². The number of hydrogen-bond acceptors (Lipinski definition) is 2. The summed E-state index contributed by atoms with van der Waals surface area (Å²) in [4.78, 5) is 14.6. The van der Waals surface area contributed by atoms with Crippen LogP contribution >= 0.6 is 0 Å². The molecule has 3 unspecified atom stereocenters. The van der Waals surface area contributed by atoms with Crippen LogP contribution in [0.25, 0.3) is 0 Å². The van der Waals surface area contributed by atoms with Gasteiger partial charge in [-0.05, 0) is 50.5 Å². The highest BCUT2D eigenvalue weighted by molar-refractivity contribution is 5.84. The lowest BCUT2D eigenvalue weighted by molar-refractivity contribution is -0.132. The van der Waals surface area contributed by atoms with E-state index in [1.165, 1.54) is 19.3 Å². The molecule has 3 atom stereocenters. The maximum absolute atomic E-state index is 12.4. The summed E-state index contributed by atoms with van der Waals surface area (Å²) in [7, 11) is 0. The molecule has 0 radical (unpaired) electrons. The topological polar surface area (TPSA) is 32.3 Å². The Kier molecular flexibility index (Phi) is 4.66. The van der Waals surface area contributed by atoms with E-state index in [4.69, 9.17) is 0 Å². The molecule has 0 aromatic rings. The van der Waals surface area contributed by atoms with Gasteiger partial charge in [0.25, 0.3) is 0 Å². The van der Waals surface area contributed by atoms with Crippen molar-refractivity contribution in [1.82, 2.24) is 10.2 Å². The van der Waals surface area contributed by atoms with Crippen LogP contribution in [-0.2, 0) is 4.79 Å². The minimum absolute atomic E-state index is 0.0949. The fourth-order valence-electron chi connectivity index (χ4n) is 3.73. The minimum atomic E-state index is 0.0949. The standard InChI is InChI=1S/C15H28N2O/c1-4-6-16-14-5-7-17(15(14)18)13-9-11(2)8-12(3)10-13/h11-14,16H,4-10H2,1-3H3. The molecule has 0 spiro atoms. The van der Waals surface area contributed by atoms with Crippen molar-refractivity contribution >= 4 is 5.91 Å². The van der Waals surface area contributed by atoms with E-state index < -0.39 is 0 Å². The molecule has 104 valence electrons. The molecule has 1 saturated heterocycles. The second-order valence-corrected chi connectivity index (χ2v) is 6.40. The molecule has 2 aliphatic rings. The van der Waals surface area contributed by atoms with Crippen LogP contribution in [0.15, 0.2) is 0 Å². The van der Waals surface area contributed by atoms with Crippen LogP contribution in [0.1, 0.15) is 52.9 Å². The van der Waals surface area contributed by atoms with Gasteiger partial charge in [-0.15, -0.1) is 0 Å². The Morgan fingerprint density at radius 2 is 1.89 bits per heavy atom. The van der Waals surface area contributed by atoms with E-state index in [1.54, 1.807) is 0 Å². The third kappa shape index (κ3) is 3.05. The quantitative estimate of drug-likeness (QED) is 0.833. The molecule has 1 amide bonds. The minimum Gasteiger partial charge on any atom is -0.338 e. The average molecular weight is 252 g/mol. The predicted molar refractivity (Wildman–Crippen MR) is 74.4 cm³/mol. The highest BCUT2D eigenvalue weighted by atomic mass is 16.2. The molecular formula is C15H28N2O. The van der Waals surface area contributed by atoms with E-state index in [0.29, 0.717) is 11.9 Å².